The third-order valence-corrected chi connectivity index (χ3v) is 4.97. The fourth-order valence-corrected chi connectivity index (χ4v) is 3.52. The zero-order chi connectivity index (χ0) is 17.8. The highest BCUT2D eigenvalue weighted by Crippen LogP contribution is 2.27. The van der Waals surface area contributed by atoms with Gasteiger partial charge in [0.15, 0.2) is 5.13 Å². The average molecular weight is 361 g/mol. The number of piperazine rings is 1. The second kappa shape index (κ2) is 7.58. The predicted octanol–water partition coefficient (Wildman–Crippen LogP) is 2.12. The van der Waals surface area contributed by atoms with Gasteiger partial charge in [-0.1, -0.05) is 12.1 Å². The fraction of sp³-hybridized carbons (Fsp3) is 0.375. The molecule has 2 aromatic rings. The molecule has 0 atom stereocenters. The Hall–Kier alpha value is -2.52. The number of carbonyl (C=O) groups excluding carboxylic acids is 1. The number of thiazole rings is 1. The molecule has 0 bridgehead atoms. The van der Waals surface area contributed by atoms with Crippen molar-refractivity contribution in [1.82, 2.24) is 9.88 Å². The first-order chi connectivity index (χ1) is 12.0. The highest BCUT2D eigenvalue weighted by molar-refractivity contribution is 7.13. The molecule has 0 spiro atoms. The van der Waals surface area contributed by atoms with Crippen LogP contribution in [0.2, 0.25) is 0 Å². The van der Waals surface area contributed by atoms with Crippen LogP contribution in [-0.4, -0.2) is 53.4 Å². The van der Waals surface area contributed by atoms with E-state index < -0.39 is 4.92 Å². The number of hydrogen-bond acceptors (Lipinski definition) is 7. The van der Waals surface area contributed by atoms with E-state index in [1.165, 1.54) is 6.07 Å². The minimum absolute atomic E-state index is 0.0815. The molecule has 1 saturated heterocycles. The third kappa shape index (κ3) is 4.12. The Balaban J connectivity index is 1.57. The maximum Gasteiger partial charge on any atom is 0.293 e. The van der Waals surface area contributed by atoms with Crippen molar-refractivity contribution in [2.45, 2.75) is 6.92 Å². The summed E-state index contributed by atoms with van der Waals surface area (Å²) in [6.45, 7) is 5.09. The zero-order valence-corrected chi connectivity index (χ0v) is 14.7. The molecule has 2 heterocycles. The van der Waals surface area contributed by atoms with Gasteiger partial charge in [0.1, 0.15) is 5.69 Å². The number of hydrogen-bond donors (Lipinski definition) is 1. The molecule has 1 fully saturated rings. The van der Waals surface area contributed by atoms with Crippen molar-refractivity contribution in [3.63, 3.8) is 0 Å². The summed E-state index contributed by atoms with van der Waals surface area (Å²) in [5.41, 5.74) is 0.872. The molecule has 1 aliphatic rings. The molecule has 132 valence electrons. The van der Waals surface area contributed by atoms with Crippen LogP contribution in [0.5, 0.6) is 0 Å². The number of anilines is 2. The van der Waals surface area contributed by atoms with Gasteiger partial charge in [0, 0.05) is 43.8 Å². The number of amides is 1. The van der Waals surface area contributed by atoms with Crippen molar-refractivity contribution >= 4 is 33.8 Å². The highest BCUT2D eigenvalue weighted by Gasteiger charge is 2.22. The number of nitrogens with one attached hydrogen (secondary N) is 1. The van der Waals surface area contributed by atoms with Crippen LogP contribution < -0.4 is 10.2 Å². The van der Waals surface area contributed by atoms with Gasteiger partial charge in [-0.3, -0.25) is 19.8 Å². The molecule has 0 radical (unpaired) electrons. The van der Waals surface area contributed by atoms with Crippen molar-refractivity contribution < 1.29 is 9.72 Å². The number of carbonyl (C=O) groups is 1. The van der Waals surface area contributed by atoms with Gasteiger partial charge >= 0.3 is 0 Å². The maximum atomic E-state index is 12.3. The smallest absolute Gasteiger partial charge is 0.293 e. The van der Waals surface area contributed by atoms with E-state index in [1.807, 2.05) is 10.3 Å². The number of nitro groups is 1. The van der Waals surface area contributed by atoms with Crippen molar-refractivity contribution in [1.29, 1.82) is 0 Å². The van der Waals surface area contributed by atoms with E-state index in [2.05, 4.69) is 15.2 Å². The van der Waals surface area contributed by atoms with Crippen LogP contribution >= 0.6 is 11.3 Å². The van der Waals surface area contributed by atoms with Gasteiger partial charge in [-0.05, 0) is 12.5 Å². The second-order valence-electron chi connectivity index (χ2n) is 5.85. The van der Waals surface area contributed by atoms with Gasteiger partial charge in [0.05, 0.1) is 11.5 Å². The van der Waals surface area contributed by atoms with Crippen LogP contribution in [0.25, 0.3) is 0 Å². The molecule has 1 aromatic carbocycles. The Morgan fingerprint density at radius 3 is 2.76 bits per heavy atom. The van der Waals surface area contributed by atoms with Crippen molar-refractivity contribution in [3.05, 3.63) is 45.5 Å². The lowest BCUT2D eigenvalue weighted by Crippen LogP contribution is -2.48. The number of aryl methyl sites for hydroxylation is 1. The second-order valence-corrected chi connectivity index (χ2v) is 6.73. The molecule has 1 aromatic heterocycles. The van der Waals surface area contributed by atoms with Gasteiger partial charge in [0.2, 0.25) is 5.91 Å². The van der Waals surface area contributed by atoms with Gasteiger partial charge < -0.3 is 10.2 Å². The molecular formula is C16H19N5O3S. The Bertz CT molecular complexity index is 757. The largest absolute Gasteiger partial charge is 0.346 e. The highest BCUT2D eigenvalue weighted by atomic mass is 32.1. The molecule has 25 heavy (non-hydrogen) atoms. The number of nitrogens with zero attached hydrogens (tertiary/aromatic N) is 4. The van der Waals surface area contributed by atoms with E-state index in [-0.39, 0.29) is 23.8 Å². The molecule has 0 saturated carbocycles. The topological polar surface area (TPSA) is 91.6 Å². The third-order valence-electron chi connectivity index (χ3n) is 4.14. The van der Waals surface area contributed by atoms with Crippen LogP contribution in [0.15, 0.2) is 29.8 Å². The Morgan fingerprint density at radius 1 is 1.36 bits per heavy atom. The Kier molecular flexibility index (Phi) is 5.25. The van der Waals surface area contributed by atoms with E-state index in [9.17, 15) is 14.9 Å². The van der Waals surface area contributed by atoms with Crippen LogP contribution in [-0.2, 0) is 4.79 Å². The average Bonchev–Trinajstić information content (AvgIpc) is 3.11. The lowest BCUT2D eigenvalue weighted by molar-refractivity contribution is -0.384. The van der Waals surface area contributed by atoms with Crippen molar-refractivity contribution in [2.24, 2.45) is 0 Å². The summed E-state index contributed by atoms with van der Waals surface area (Å²) in [6, 6.07) is 4.76. The lowest BCUT2D eigenvalue weighted by Gasteiger charge is -2.34. The van der Waals surface area contributed by atoms with Crippen molar-refractivity contribution in [3.8, 4) is 0 Å². The lowest BCUT2D eigenvalue weighted by atomic mass is 10.1. The standard InChI is InChI=1S/C16H19N5O3S/c1-12-3-2-4-13(21(23)24)15(12)18-14(22)11-19-6-8-20(9-7-19)16-17-5-10-25-16/h2-5,10H,6-9,11H2,1H3,(H,18,22). The first-order valence-corrected chi connectivity index (χ1v) is 8.83. The number of para-hydroxylation sites is 1. The van der Waals surface area contributed by atoms with Gasteiger partial charge in [0.25, 0.3) is 5.69 Å². The van der Waals surface area contributed by atoms with E-state index in [4.69, 9.17) is 0 Å². The van der Waals surface area contributed by atoms with E-state index in [1.54, 1.807) is 36.6 Å². The number of benzene rings is 1. The number of rotatable bonds is 5. The van der Waals surface area contributed by atoms with E-state index in [0.29, 0.717) is 5.56 Å². The summed E-state index contributed by atoms with van der Waals surface area (Å²) in [5, 5.41) is 16.8. The summed E-state index contributed by atoms with van der Waals surface area (Å²) >= 11 is 1.61. The molecule has 1 aliphatic heterocycles. The van der Waals surface area contributed by atoms with E-state index >= 15 is 0 Å². The predicted molar refractivity (Wildman–Crippen MR) is 97.2 cm³/mol. The van der Waals surface area contributed by atoms with Crippen molar-refractivity contribution in [2.75, 3.05) is 42.9 Å². The normalized spacial score (nSPS) is 15.2. The van der Waals surface area contributed by atoms with Crippen LogP contribution in [0.1, 0.15) is 5.56 Å². The summed E-state index contributed by atoms with van der Waals surface area (Å²) in [6.07, 6.45) is 1.79. The molecule has 1 amide bonds. The molecule has 8 nitrogen and oxygen atoms in total. The summed E-state index contributed by atoms with van der Waals surface area (Å²) in [5.74, 6) is -0.236. The van der Waals surface area contributed by atoms with Gasteiger partial charge in [-0.25, -0.2) is 4.98 Å². The van der Waals surface area contributed by atoms with Crippen LogP contribution in [0.4, 0.5) is 16.5 Å². The maximum absolute atomic E-state index is 12.3. The first kappa shape index (κ1) is 17.3. The molecule has 3 rings (SSSR count). The SMILES string of the molecule is Cc1cccc([N+](=O)[O-])c1NC(=O)CN1CCN(c2nccs2)CC1. The van der Waals surface area contributed by atoms with Gasteiger partial charge in [-0.2, -0.15) is 0 Å². The van der Waals surface area contributed by atoms with Gasteiger partial charge in [-0.15, -0.1) is 11.3 Å². The van der Waals surface area contributed by atoms with Crippen LogP contribution in [0.3, 0.4) is 0 Å². The number of nitro benzene ring substituents is 1. The molecule has 0 aliphatic carbocycles. The fourth-order valence-electron chi connectivity index (χ4n) is 2.82. The monoisotopic (exact) mass is 361 g/mol. The summed E-state index contributed by atoms with van der Waals surface area (Å²) < 4.78 is 0. The Morgan fingerprint density at radius 2 is 2.12 bits per heavy atom. The molecular weight excluding hydrogens is 342 g/mol. The zero-order valence-electron chi connectivity index (χ0n) is 13.8. The Labute approximate surface area is 149 Å². The van der Waals surface area contributed by atoms with E-state index in [0.717, 1.165) is 31.3 Å². The number of aromatic nitrogens is 1. The first-order valence-electron chi connectivity index (χ1n) is 7.95. The minimum Gasteiger partial charge on any atom is -0.346 e. The molecule has 9 heteroatoms. The summed E-state index contributed by atoms with van der Waals surface area (Å²) in [7, 11) is 0. The molecule has 0 unspecified atom stereocenters. The van der Waals surface area contributed by atoms with Crippen LogP contribution in [0, 0.1) is 17.0 Å². The quantitative estimate of drug-likeness (QED) is 0.648. The minimum atomic E-state index is -0.477. The molecule has 1 N–H and O–H groups in total. The summed E-state index contributed by atoms with van der Waals surface area (Å²) in [4.78, 5) is 31.5.